The fourth-order valence-corrected chi connectivity index (χ4v) is 3.65. The van der Waals surface area contributed by atoms with Crippen LogP contribution < -0.4 is 11.1 Å². The van der Waals surface area contributed by atoms with Crippen molar-refractivity contribution in [1.82, 2.24) is 5.32 Å². The molecule has 1 heterocycles. The fraction of sp³-hybridized carbons (Fsp3) is 0.909. The third kappa shape index (κ3) is 3.22. The van der Waals surface area contributed by atoms with E-state index in [9.17, 15) is 9.90 Å². The zero-order valence-electron chi connectivity index (χ0n) is 10.8. The first kappa shape index (κ1) is 16.7. The van der Waals surface area contributed by atoms with Crippen molar-refractivity contribution in [2.45, 2.75) is 31.1 Å². The second-order valence-electron chi connectivity index (χ2n) is 5.65. The number of carboxylic acid groups (broad SMARTS) is 1. The largest absolute Gasteiger partial charge is 0.480 e. The van der Waals surface area contributed by atoms with Gasteiger partial charge < -0.3 is 26.2 Å². The first-order chi connectivity index (χ1) is 8.45. The van der Waals surface area contributed by atoms with Crippen molar-refractivity contribution in [2.75, 3.05) is 13.1 Å². The molecule has 0 aromatic heterocycles. The number of halogens is 1. The molecule has 1 saturated heterocycles. The summed E-state index contributed by atoms with van der Waals surface area (Å²) in [7, 11) is -1.32. The standard InChI is InChI=1S/C11H21BN2O4.ClH/c13-11(10(15)16)4-7-5-14-6-8(7)9(11)2-1-3-12(17)18;/h7-9,14,17-18H,1-6,13H2,(H,15,16);1H/t7-,8+,9-,11-;/m0./s1. The maximum absolute atomic E-state index is 11.4. The first-order valence-electron chi connectivity index (χ1n) is 6.54. The van der Waals surface area contributed by atoms with E-state index in [1.165, 1.54) is 0 Å². The lowest BCUT2D eigenvalue weighted by molar-refractivity contribution is -0.145. The minimum absolute atomic E-state index is 0. The van der Waals surface area contributed by atoms with Gasteiger partial charge in [-0.1, -0.05) is 6.42 Å². The molecule has 6 N–H and O–H groups in total. The highest BCUT2D eigenvalue weighted by atomic mass is 35.5. The van der Waals surface area contributed by atoms with Crippen molar-refractivity contribution in [1.29, 1.82) is 0 Å². The van der Waals surface area contributed by atoms with Gasteiger partial charge in [0.25, 0.3) is 0 Å². The van der Waals surface area contributed by atoms with Crippen LogP contribution in [0.1, 0.15) is 19.3 Å². The summed E-state index contributed by atoms with van der Waals surface area (Å²) in [5, 5.41) is 30.3. The van der Waals surface area contributed by atoms with Crippen molar-refractivity contribution in [3.63, 3.8) is 0 Å². The number of carboxylic acids is 1. The van der Waals surface area contributed by atoms with Gasteiger partial charge in [-0.05, 0) is 50.0 Å². The van der Waals surface area contributed by atoms with Crippen LogP contribution >= 0.6 is 12.4 Å². The average molecular weight is 293 g/mol. The van der Waals surface area contributed by atoms with E-state index in [0.717, 1.165) is 13.1 Å². The van der Waals surface area contributed by atoms with E-state index >= 15 is 0 Å². The van der Waals surface area contributed by atoms with Crippen molar-refractivity contribution >= 4 is 25.5 Å². The van der Waals surface area contributed by atoms with E-state index < -0.39 is 18.6 Å². The van der Waals surface area contributed by atoms with E-state index in [0.29, 0.717) is 31.1 Å². The Hall–Kier alpha value is -0.335. The number of nitrogens with one attached hydrogen (secondary N) is 1. The molecular formula is C11H22BClN2O4. The van der Waals surface area contributed by atoms with Gasteiger partial charge in [-0.2, -0.15) is 0 Å². The molecule has 6 nitrogen and oxygen atoms in total. The highest BCUT2D eigenvalue weighted by Gasteiger charge is 2.56. The third-order valence-corrected chi connectivity index (χ3v) is 4.55. The lowest BCUT2D eigenvalue weighted by atomic mass is 9.76. The van der Waals surface area contributed by atoms with E-state index in [1.807, 2.05) is 0 Å². The summed E-state index contributed by atoms with van der Waals surface area (Å²) in [6.07, 6.45) is 2.03. The molecule has 0 amide bonds. The molecule has 0 bridgehead atoms. The van der Waals surface area contributed by atoms with Gasteiger partial charge in [-0.25, -0.2) is 0 Å². The van der Waals surface area contributed by atoms with E-state index in [2.05, 4.69) is 5.32 Å². The molecule has 0 unspecified atom stereocenters. The molecule has 8 heteroatoms. The molecular weight excluding hydrogens is 270 g/mol. The van der Waals surface area contributed by atoms with Crippen LogP contribution in [-0.4, -0.2) is 46.9 Å². The summed E-state index contributed by atoms with van der Waals surface area (Å²) in [5.41, 5.74) is 4.96. The zero-order chi connectivity index (χ0) is 13.3. The van der Waals surface area contributed by atoms with Crippen LogP contribution in [0.5, 0.6) is 0 Å². The number of nitrogens with two attached hydrogens (primary N) is 1. The van der Waals surface area contributed by atoms with Gasteiger partial charge in [0.05, 0.1) is 0 Å². The Morgan fingerprint density at radius 3 is 2.68 bits per heavy atom. The van der Waals surface area contributed by atoms with Crippen molar-refractivity contribution in [3.05, 3.63) is 0 Å². The molecule has 1 aliphatic carbocycles. The Morgan fingerprint density at radius 1 is 1.42 bits per heavy atom. The number of hydrogen-bond donors (Lipinski definition) is 5. The summed E-state index contributed by atoms with van der Waals surface area (Å²) in [6, 6.07) is 0. The van der Waals surface area contributed by atoms with Gasteiger partial charge >= 0.3 is 13.1 Å². The predicted octanol–water partition coefficient (Wildman–Crippen LogP) is -0.701. The van der Waals surface area contributed by atoms with Crippen LogP contribution in [0.25, 0.3) is 0 Å². The quantitative estimate of drug-likeness (QED) is 0.428. The molecule has 0 spiro atoms. The summed E-state index contributed by atoms with van der Waals surface area (Å²) < 4.78 is 0. The van der Waals surface area contributed by atoms with Gasteiger partial charge in [0.2, 0.25) is 0 Å². The summed E-state index contributed by atoms with van der Waals surface area (Å²) >= 11 is 0. The fourth-order valence-electron chi connectivity index (χ4n) is 3.65. The SMILES string of the molecule is Cl.N[C@@]1(C(=O)O)C[C@H]2CNC[C@H]2[C@@H]1CCCB(O)O. The Labute approximate surface area is 119 Å². The van der Waals surface area contributed by atoms with E-state index in [4.69, 9.17) is 15.8 Å². The van der Waals surface area contributed by atoms with E-state index in [-0.39, 0.29) is 24.6 Å². The topological polar surface area (TPSA) is 116 Å². The molecule has 2 fully saturated rings. The summed E-state index contributed by atoms with van der Waals surface area (Å²) in [4.78, 5) is 11.4. The number of rotatable bonds is 5. The molecule has 19 heavy (non-hydrogen) atoms. The zero-order valence-corrected chi connectivity index (χ0v) is 11.6. The normalized spacial score (nSPS) is 36.7. The maximum Gasteiger partial charge on any atom is 0.451 e. The Morgan fingerprint density at radius 2 is 2.11 bits per heavy atom. The molecule has 0 aromatic carbocycles. The van der Waals surface area contributed by atoms with Crippen LogP contribution in [0.15, 0.2) is 0 Å². The Balaban J connectivity index is 0.00000180. The second kappa shape index (κ2) is 6.41. The molecule has 4 atom stereocenters. The number of carbonyl (C=O) groups is 1. The summed E-state index contributed by atoms with van der Waals surface area (Å²) in [6.45, 7) is 1.67. The van der Waals surface area contributed by atoms with Crippen LogP contribution in [0.4, 0.5) is 0 Å². The molecule has 0 aromatic rings. The van der Waals surface area contributed by atoms with Crippen LogP contribution in [0.2, 0.25) is 6.32 Å². The molecule has 1 aliphatic heterocycles. The van der Waals surface area contributed by atoms with Crippen LogP contribution in [0.3, 0.4) is 0 Å². The highest BCUT2D eigenvalue weighted by molar-refractivity contribution is 6.40. The lowest BCUT2D eigenvalue weighted by Crippen LogP contribution is -2.53. The monoisotopic (exact) mass is 292 g/mol. The molecule has 2 rings (SSSR count). The van der Waals surface area contributed by atoms with Crippen molar-refractivity contribution in [2.24, 2.45) is 23.5 Å². The first-order valence-corrected chi connectivity index (χ1v) is 6.54. The second-order valence-corrected chi connectivity index (χ2v) is 5.65. The van der Waals surface area contributed by atoms with Crippen LogP contribution in [0, 0.1) is 17.8 Å². The van der Waals surface area contributed by atoms with Crippen molar-refractivity contribution < 1.29 is 19.9 Å². The Kier molecular flexibility index (Phi) is 5.64. The van der Waals surface area contributed by atoms with Crippen LogP contribution in [-0.2, 0) is 4.79 Å². The molecule has 0 radical (unpaired) electrons. The average Bonchev–Trinajstić information content (AvgIpc) is 2.79. The Bertz CT molecular complexity index is 334. The molecule has 2 aliphatic rings. The minimum Gasteiger partial charge on any atom is -0.480 e. The van der Waals surface area contributed by atoms with Gasteiger partial charge in [0.1, 0.15) is 5.54 Å². The van der Waals surface area contributed by atoms with Crippen molar-refractivity contribution in [3.8, 4) is 0 Å². The predicted molar refractivity (Wildman–Crippen MR) is 74.0 cm³/mol. The number of hydrogen-bond acceptors (Lipinski definition) is 5. The molecule has 110 valence electrons. The number of aliphatic carboxylic acids is 1. The summed E-state index contributed by atoms with van der Waals surface area (Å²) in [5.74, 6) is -0.350. The third-order valence-electron chi connectivity index (χ3n) is 4.55. The number of fused-ring (bicyclic) bond motifs is 1. The maximum atomic E-state index is 11.4. The lowest BCUT2D eigenvalue weighted by Gasteiger charge is -2.30. The van der Waals surface area contributed by atoms with Gasteiger partial charge in [-0.15, -0.1) is 12.4 Å². The highest BCUT2D eigenvalue weighted by Crippen LogP contribution is 2.47. The van der Waals surface area contributed by atoms with Gasteiger partial charge in [0.15, 0.2) is 0 Å². The van der Waals surface area contributed by atoms with Gasteiger partial charge in [-0.3, -0.25) is 4.79 Å². The van der Waals surface area contributed by atoms with E-state index in [1.54, 1.807) is 0 Å². The smallest absolute Gasteiger partial charge is 0.451 e. The van der Waals surface area contributed by atoms with Gasteiger partial charge in [0, 0.05) is 0 Å². The minimum atomic E-state index is -1.32. The molecule has 1 saturated carbocycles.